The average molecular weight is 294 g/mol. The standard InChI is InChI=1S/C15H10N4OS/c1-9-6-12(19-20-9)11-8-21-13-7-17-15(18-14(11)13)10-2-4-16-5-3-10/h2-8H,1H3. The molecule has 0 fully saturated rings. The molecule has 102 valence electrons. The molecule has 6 heteroatoms. The van der Waals surface area contributed by atoms with E-state index in [2.05, 4.69) is 20.1 Å². The molecular weight excluding hydrogens is 284 g/mol. The number of hydrogen-bond acceptors (Lipinski definition) is 6. The van der Waals surface area contributed by atoms with Gasteiger partial charge < -0.3 is 4.52 Å². The largest absolute Gasteiger partial charge is 0.361 e. The highest BCUT2D eigenvalue weighted by Gasteiger charge is 2.13. The average Bonchev–Trinajstić information content (AvgIpc) is 3.13. The van der Waals surface area contributed by atoms with Crippen molar-refractivity contribution < 1.29 is 4.52 Å². The fraction of sp³-hybridized carbons (Fsp3) is 0.0667. The topological polar surface area (TPSA) is 64.7 Å². The zero-order valence-corrected chi connectivity index (χ0v) is 12.0. The van der Waals surface area contributed by atoms with Crippen molar-refractivity contribution in [3.8, 4) is 22.6 Å². The molecule has 0 bridgehead atoms. The molecule has 0 amide bonds. The zero-order valence-electron chi connectivity index (χ0n) is 11.1. The number of rotatable bonds is 2. The molecule has 0 aliphatic heterocycles. The van der Waals surface area contributed by atoms with Gasteiger partial charge in [0, 0.05) is 41.2 Å². The van der Waals surface area contributed by atoms with Gasteiger partial charge in [0.05, 0.1) is 10.2 Å². The molecule has 0 spiro atoms. The second kappa shape index (κ2) is 4.75. The van der Waals surface area contributed by atoms with E-state index in [0.717, 1.165) is 32.8 Å². The monoisotopic (exact) mass is 294 g/mol. The van der Waals surface area contributed by atoms with Gasteiger partial charge in [0.15, 0.2) is 5.82 Å². The van der Waals surface area contributed by atoms with Gasteiger partial charge in [0.2, 0.25) is 0 Å². The third-order valence-electron chi connectivity index (χ3n) is 3.16. The number of nitrogens with zero attached hydrogens (tertiary/aromatic N) is 4. The van der Waals surface area contributed by atoms with Crippen LogP contribution in [0, 0.1) is 6.92 Å². The van der Waals surface area contributed by atoms with Crippen LogP contribution < -0.4 is 0 Å². The third-order valence-corrected chi connectivity index (χ3v) is 4.06. The smallest absolute Gasteiger partial charge is 0.159 e. The number of aromatic nitrogens is 4. The molecule has 0 saturated carbocycles. The Labute approximate surface area is 124 Å². The van der Waals surface area contributed by atoms with Crippen LogP contribution in [0.1, 0.15) is 5.76 Å². The highest BCUT2D eigenvalue weighted by Crippen LogP contribution is 2.33. The molecule has 4 aromatic heterocycles. The van der Waals surface area contributed by atoms with Crippen molar-refractivity contribution in [3.05, 3.63) is 47.9 Å². The fourth-order valence-corrected chi connectivity index (χ4v) is 3.00. The number of aryl methyl sites for hydroxylation is 1. The molecular formula is C15H10N4OS. The maximum atomic E-state index is 5.16. The van der Waals surface area contributed by atoms with Crippen molar-refractivity contribution in [2.24, 2.45) is 0 Å². The minimum absolute atomic E-state index is 0.685. The fourth-order valence-electron chi connectivity index (χ4n) is 2.14. The Hall–Kier alpha value is -2.60. The van der Waals surface area contributed by atoms with E-state index in [1.807, 2.05) is 36.7 Å². The normalized spacial score (nSPS) is 11.1. The molecule has 0 aliphatic carbocycles. The highest BCUT2D eigenvalue weighted by atomic mass is 32.1. The summed E-state index contributed by atoms with van der Waals surface area (Å²) in [4.78, 5) is 13.1. The minimum atomic E-state index is 0.685. The Kier molecular flexibility index (Phi) is 2.75. The van der Waals surface area contributed by atoms with Crippen LogP contribution in [0.2, 0.25) is 0 Å². The predicted octanol–water partition coefficient (Wildman–Crippen LogP) is 3.72. The number of hydrogen-bond donors (Lipinski definition) is 0. The first kappa shape index (κ1) is 12.2. The lowest BCUT2D eigenvalue weighted by Crippen LogP contribution is -1.89. The summed E-state index contributed by atoms with van der Waals surface area (Å²) in [6, 6.07) is 5.70. The summed E-state index contributed by atoms with van der Waals surface area (Å²) in [5, 5.41) is 6.11. The summed E-state index contributed by atoms with van der Waals surface area (Å²) in [5.74, 6) is 1.47. The second-order valence-corrected chi connectivity index (χ2v) is 5.53. The van der Waals surface area contributed by atoms with Crippen LogP contribution in [-0.4, -0.2) is 20.1 Å². The van der Waals surface area contributed by atoms with Crippen LogP contribution in [0.15, 0.2) is 46.7 Å². The summed E-state index contributed by atoms with van der Waals surface area (Å²) in [5.41, 5.74) is 3.62. The molecule has 21 heavy (non-hydrogen) atoms. The molecule has 4 heterocycles. The maximum Gasteiger partial charge on any atom is 0.159 e. The molecule has 0 aliphatic rings. The van der Waals surface area contributed by atoms with Gasteiger partial charge in [-0.3, -0.25) is 4.98 Å². The molecule has 0 saturated heterocycles. The van der Waals surface area contributed by atoms with Crippen LogP contribution in [0.5, 0.6) is 0 Å². The first-order chi connectivity index (χ1) is 10.3. The first-order valence-electron chi connectivity index (χ1n) is 6.39. The lowest BCUT2D eigenvalue weighted by Gasteiger charge is -2.00. The van der Waals surface area contributed by atoms with E-state index < -0.39 is 0 Å². The highest BCUT2D eigenvalue weighted by molar-refractivity contribution is 7.17. The van der Waals surface area contributed by atoms with Gasteiger partial charge in [-0.1, -0.05) is 5.16 Å². The van der Waals surface area contributed by atoms with Gasteiger partial charge in [-0.05, 0) is 19.1 Å². The molecule has 0 N–H and O–H groups in total. The third kappa shape index (κ3) is 2.09. The van der Waals surface area contributed by atoms with Gasteiger partial charge >= 0.3 is 0 Å². The second-order valence-electron chi connectivity index (χ2n) is 4.61. The zero-order chi connectivity index (χ0) is 14.2. The summed E-state index contributed by atoms with van der Waals surface area (Å²) in [6.45, 7) is 1.88. The van der Waals surface area contributed by atoms with Gasteiger partial charge in [-0.25, -0.2) is 9.97 Å². The van der Waals surface area contributed by atoms with Gasteiger partial charge in [0.25, 0.3) is 0 Å². The maximum absolute atomic E-state index is 5.16. The number of fused-ring (bicyclic) bond motifs is 1. The lowest BCUT2D eigenvalue weighted by molar-refractivity contribution is 0.400. The van der Waals surface area contributed by atoms with Crippen LogP contribution in [0.3, 0.4) is 0 Å². The van der Waals surface area contributed by atoms with Crippen LogP contribution >= 0.6 is 11.3 Å². The molecule has 4 aromatic rings. The molecule has 0 atom stereocenters. The van der Waals surface area contributed by atoms with E-state index >= 15 is 0 Å². The number of pyridine rings is 1. The van der Waals surface area contributed by atoms with E-state index in [1.54, 1.807) is 23.7 Å². The first-order valence-corrected chi connectivity index (χ1v) is 7.27. The van der Waals surface area contributed by atoms with Crippen molar-refractivity contribution in [2.45, 2.75) is 6.92 Å². The van der Waals surface area contributed by atoms with Crippen molar-refractivity contribution in [1.82, 2.24) is 20.1 Å². The van der Waals surface area contributed by atoms with Crippen molar-refractivity contribution in [2.75, 3.05) is 0 Å². The van der Waals surface area contributed by atoms with Crippen molar-refractivity contribution in [1.29, 1.82) is 0 Å². The van der Waals surface area contributed by atoms with Crippen LogP contribution in [0.4, 0.5) is 0 Å². The lowest BCUT2D eigenvalue weighted by atomic mass is 10.2. The SMILES string of the molecule is Cc1cc(-c2csc3cnc(-c4ccncc4)nc23)no1. The van der Waals surface area contributed by atoms with Crippen molar-refractivity contribution in [3.63, 3.8) is 0 Å². The molecule has 0 unspecified atom stereocenters. The Morgan fingerprint density at radius 2 is 2.05 bits per heavy atom. The van der Waals surface area contributed by atoms with E-state index in [1.165, 1.54) is 0 Å². The predicted molar refractivity (Wildman–Crippen MR) is 80.9 cm³/mol. The summed E-state index contributed by atoms with van der Waals surface area (Å²) in [6.07, 6.45) is 5.32. The number of thiophene rings is 1. The van der Waals surface area contributed by atoms with Gasteiger partial charge in [0.1, 0.15) is 11.5 Å². The van der Waals surface area contributed by atoms with Gasteiger partial charge in [-0.2, -0.15) is 0 Å². The quantitative estimate of drug-likeness (QED) is 0.564. The summed E-state index contributed by atoms with van der Waals surface area (Å²) < 4.78 is 6.19. The Morgan fingerprint density at radius 3 is 2.81 bits per heavy atom. The van der Waals surface area contributed by atoms with Crippen molar-refractivity contribution >= 4 is 21.6 Å². The Bertz CT molecular complexity index is 914. The molecule has 0 radical (unpaired) electrons. The molecule has 4 rings (SSSR count). The van der Waals surface area contributed by atoms with E-state index in [4.69, 9.17) is 4.52 Å². The van der Waals surface area contributed by atoms with E-state index in [0.29, 0.717) is 5.82 Å². The van der Waals surface area contributed by atoms with E-state index in [-0.39, 0.29) is 0 Å². The Balaban J connectivity index is 1.90. The molecule has 0 aromatic carbocycles. The van der Waals surface area contributed by atoms with E-state index in [9.17, 15) is 0 Å². The summed E-state index contributed by atoms with van der Waals surface area (Å²) in [7, 11) is 0. The summed E-state index contributed by atoms with van der Waals surface area (Å²) >= 11 is 1.60. The van der Waals surface area contributed by atoms with Gasteiger partial charge in [-0.15, -0.1) is 11.3 Å². The Morgan fingerprint density at radius 1 is 1.19 bits per heavy atom. The van der Waals surface area contributed by atoms with Crippen LogP contribution in [-0.2, 0) is 0 Å². The minimum Gasteiger partial charge on any atom is -0.361 e. The van der Waals surface area contributed by atoms with Crippen LogP contribution in [0.25, 0.3) is 32.9 Å². The molecule has 5 nitrogen and oxygen atoms in total.